The number of nitrogens with zero attached hydrogens (tertiary/aromatic N) is 1. The predicted molar refractivity (Wildman–Crippen MR) is 128 cm³/mol. The van der Waals surface area contributed by atoms with E-state index in [4.69, 9.17) is 14.7 Å². The predicted octanol–water partition coefficient (Wildman–Crippen LogP) is 7.53. The van der Waals surface area contributed by atoms with Gasteiger partial charge >= 0.3 is 0 Å². The number of halogens is 2. The molecule has 0 bridgehead atoms. The zero-order valence-corrected chi connectivity index (χ0v) is 18.5. The number of hydrogen-bond acceptors (Lipinski definition) is 3. The molecular formula is C29H21F2NO2. The molecule has 4 aromatic rings. The van der Waals surface area contributed by atoms with Crippen molar-refractivity contribution in [3.8, 4) is 39.8 Å². The van der Waals surface area contributed by atoms with E-state index in [1.54, 1.807) is 37.3 Å². The third-order valence-electron chi connectivity index (χ3n) is 5.20. The highest BCUT2D eigenvalue weighted by atomic mass is 19.1. The molecule has 0 spiro atoms. The van der Waals surface area contributed by atoms with E-state index >= 15 is 0 Å². The molecule has 0 radical (unpaired) electrons. The molecule has 3 nitrogen and oxygen atoms in total. The lowest BCUT2D eigenvalue weighted by Gasteiger charge is -2.10. The molecule has 0 atom stereocenters. The largest absolute Gasteiger partial charge is 0.489 e. The van der Waals surface area contributed by atoms with Crippen LogP contribution in [0.2, 0.25) is 0 Å². The molecule has 0 aromatic heterocycles. The SMILES string of the molecule is C/C(=C\COc1ccc(-c2ccc(C#N)cc2)cc1)Oc1ccc(-c2ccc(F)cc2)c(F)c1. The molecule has 0 aliphatic carbocycles. The molecular weight excluding hydrogens is 432 g/mol. The summed E-state index contributed by atoms with van der Waals surface area (Å²) in [4.78, 5) is 0. The summed E-state index contributed by atoms with van der Waals surface area (Å²) < 4.78 is 39.1. The summed E-state index contributed by atoms with van der Waals surface area (Å²) in [6.45, 7) is 2.06. The number of rotatable bonds is 7. The topological polar surface area (TPSA) is 42.2 Å². The quantitative estimate of drug-likeness (QED) is 0.272. The minimum absolute atomic E-state index is 0.290. The van der Waals surface area contributed by atoms with E-state index in [1.807, 2.05) is 36.4 Å². The zero-order chi connectivity index (χ0) is 23.9. The Hall–Kier alpha value is -4.43. The number of ether oxygens (including phenoxy) is 2. The molecule has 0 heterocycles. The van der Waals surface area contributed by atoms with Gasteiger partial charge in [0.25, 0.3) is 0 Å². The Kier molecular flexibility index (Phi) is 7.00. The normalized spacial score (nSPS) is 11.1. The molecule has 0 unspecified atom stereocenters. The van der Waals surface area contributed by atoms with Gasteiger partial charge in [0.2, 0.25) is 0 Å². The van der Waals surface area contributed by atoms with Crippen molar-refractivity contribution in [1.82, 2.24) is 0 Å². The highest BCUT2D eigenvalue weighted by Crippen LogP contribution is 2.27. The first-order chi connectivity index (χ1) is 16.5. The maximum atomic E-state index is 14.5. The average Bonchev–Trinajstić information content (AvgIpc) is 2.85. The second-order valence-corrected chi connectivity index (χ2v) is 7.59. The molecule has 0 aliphatic heterocycles. The lowest BCUT2D eigenvalue weighted by atomic mass is 10.0. The van der Waals surface area contributed by atoms with Gasteiger partial charge in [-0.15, -0.1) is 0 Å². The molecule has 34 heavy (non-hydrogen) atoms. The van der Waals surface area contributed by atoms with Crippen LogP contribution in [-0.2, 0) is 0 Å². The molecule has 168 valence electrons. The lowest BCUT2D eigenvalue weighted by molar-refractivity contribution is 0.350. The van der Waals surface area contributed by atoms with Crippen LogP contribution in [0.25, 0.3) is 22.3 Å². The van der Waals surface area contributed by atoms with Gasteiger partial charge in [0.15, 0.2) is 0 Å². The van der Waals surface area contributed by atoms with Gasteiger partial charge in [-0.3, -0.25) is 0 Å². The van der Waals surface area contributed by atoms with Gasteiger partial charge in [0.05, 0.1) is 11.6 Å². The maximum Gasteiger partial charge on any atom is 0.134 e. The van der Waals surface area contributed by atoms with E-state index in [0.717, 1.165) is 11.1 Å². The first kappa shape index (κ1) is 22.8. The van der Waals surface area contributed by atoms with Crippen LogP contribution in [0.5, 0.6) is 11.5 Å². The Morgan fingerprint density at radius 3 is 2.00 bits per heavy atom. The highest BCUT2D eigenvalue weighted by Gasteiger charge is 2.08. The van der Waals surface area contributed by atoms with Crippen LogP contribution < -0.4 is 9.47 Å². The van der Waals surface area contributed by atoms with E-state index in [1.165, 1.54) is 30.3 Å². The summed E-state index contributed by atoms with van der Waals surface area (Å²) in [6.07, 6.45) is 1.76. The number of benzene rings is 4. The second-order valence-electron chi connectivity index (χ2n) is 7.59. The summed E-state index contributed by atoms with van der Waals surface area (Å²) in [5.41, 5.74) is 3.64. The second kappa shape index (κ2) is 10.5. The minimum atomic E-state index is -0.449. The van der Waals surface area contributed by atoms with E-state index in [-0.39, 0.29) is 12.4 Å². The van der Waals surface area contributed by atoms with Crippen LogP contribution >= 0.6 is 0 Å². The van der Waals surface area contributed by atoms with Crippen molar-refractivity contribution in [2.75, 3.05) is 6.61 Å². The summed E-state index contributed by atoms with van der Waals surface area (Å²) in [7, 11) is 0. The van der Waals surface area contributed by atoms with E-state index < -0.39 is 5.82 Å². The van der Waals surface area contributed by atoms with Crippen LogP contribution in [0, 0.1) is 23.0 Å². The molecule has 0 aliphatic rings. The van der Waals surface area contributed by atoms with Gasteiger partial charge in [-0.2, -0.15) is 5.26 Å². The van der Waals surface area contributed by atoms with Crippen LogP contribution in [-0.4, -0.2) is 6.61 Å². The Balaban J connectivity index is 1.33. The molecule has 0 fully saturated rings. The van der Waals surface area contributed by atoms with Crippen LogP contribution in [0.1, 0.15) is 12.5 Å². The summed E-state index contributed by atoms with van der Waals surface area (Å²) >= 11 is 0. The Labute approximate surface area is 197 Å². The number of allylic oxidation sites excluding steroid dienone is 1. The van der Waals surface area contributed by atoms with Crippen LogP contribution in [0.4, 0.5) is 8.78 Å². The monoisotopic (exact) mass is 453 g/mol. The first-order valence-electron chi connectivity index (χ1n) is 10.7. The molecule has 5 heteroatoms. The van der Waals surface area contributed by atoms with Crippen LogP contribution in [0.15, 0.2) is 103 Å². The summed E-state index contributed by atoms with van der Waals surface area (Å²) in [6, 6.07) is 27.4. The van der Waals surface area contributed by atoms with Gasteiger partial charge in [-0.05, 0) is 78.2 Å². The Morgan fingerprint density at radius 2 is 1.38 bits per heavy atom. The van der Waals surface area contributed by atoms with Crippen LogP contribution in [0.3, 0.4) is 0 Å². The smallest absolute Gasteiger partial charge is 0.134 e. The fourth-order valence-electron chi connectivity index (χ4n) is 3.39. The Morgan fingerprint density at radius 1 is 0.794 bits per heavy atom. The van der Waals surface area contributed by atoms with Crippen molar-refractivity contribution in [3.63, 3.8) is 0 Å². The molecule has 4 aromatic carbocycles. The van der Waals surface area contributed by atoms with E-state index in [9.17, 15) is 8.78 Å². The molecule has 4 rings (SSSR count). The first-order valence-corrected chi connectivity index (χ1v) is 10.7. The van der Waals surface area contributed by atoms with Crippen molar-refractivity contribution in [2.45, 2.75) is 6.92 Å². The molecule has 0 amide bonds. The van der Waals surface area contributed by atoms with Gasteiger partial charge in [-0.25, -0.2) is 8.78 Å². The molecule has 0 saturated carbocycles. The minimum Gasteiger partial charge on any atom is -0.489 e. The van der Waals surface area contributed by atoms with Gasteiger partial charge in [0.1, 0.15) is 35.5 Å². The standard InChI is InChI=1S/C29H21F2NO2/c1-20(34-27-14-15-28(29(31)18-27)24-6-10-25(30)11-7-24)16-17-33-26-12-8-23(9-13-26)22-4-2-21(19-32)3-5-22/h2-16,18H,17H2,1H3/b20-16+. The number of nitriles is 1. The third kappa shape index (κ3) is 5.67. The van der Waals surface area contributed by atoms with Crippen molar-refractivity contribution in [2.24, 2.45) is 0 Å². The molecule has 0 saturated heterocycles. The van der Waals surface area contributed by atoms with E-state index in [0.29, 0.717) is 33.9 Å². The van der Waals surface area contributed by atoms with E-state index in [2.05, 4.69) is 6.07 Å². The van der Waals surface area contributed by atoms with Gasteiger partial charge in [-0.1, -0.05) is 36.4 Å². The van der Waals surface area contributed by atoms with Crippen molar-refractivity contribution in [3.05, 3.63) is 120 Å². The summed E-state index contributed by atoms with van der Waals surface area (Å²) in [5.74, 6) is 0.827. The Bertz CT molecular complexity index is 1340. The van der Waals surface area contributed by atoms with Gasteiger partial charge in [0, 0.05) is 11.6 Å². The maximum absolute atomic E-state index is 14.5. The lowest BCUT2D eigenvalue weighted by Crippen LogP contribution is -1.98. The highest BCUT2D eigenvalue weighted by molar-refractivity contribution is 5.65. The van der Waals surface area contributed by atoms with Gasteiger partial charge < -0.3 is 9.47 Å². The average molecular weight is 453 g/mol. The summed E-state index contributed by atoms with van der Waals surface area (Å²) in [5, 5.41) is 8.91. The van der Waals surface area contributed by atoms with Crippen molar-refractivity contribution in [1.29, 1.82) is 5.26 Å². The van der Waals surface area contributed by atoms with Crippen molar-refractivity contribution < 1.29 is 18.3 Å². The third-order valence-corrected chi connectivity index (χ3v) is 5.20. The zero-order valence-electron chi connectivity index (χ0n) is 18.5. The number of hydrogen-bond donors (Lipinski definition) is 0. The van der Waals surface area contributed by atoms with Crippen molar-refractivity contribution >= 4 is 0 Å². The fraction of sp³-hybridized carbons (Fsp3) is 0.0690. The molecule has 0 N–H and O–H groups in total. The fourth-order valence-corrected chi connectivity index (χ4v) is 3.39.